The lowest BCUT2D eigenvalue weighted by molar-refractivity contribution is -0.137. The molecule has 0 bridgehead atoms. The zero-order chi connectivity index (χ0) is 17.3. The molecule has 0 spiro atoms. The second-order valence-corrected chi connectivity index (χ2v) is 4.97. The van der Waals surface area contributed by atoms with Crippen LogP contribution in [0.25, 0.3) is 6.08 Å². The number of nitrogens with zero attached hydrogens (tertiary/aromatic N) is 1. The molecule has 0 amide bonds. The minimum Gasteiger partial charge on any atom is -0.402 e. The quantitative estimate of drug-likeness (QED) is 0.469. The van der Waals surface area contributed by atoms with Gasteiger partial charge in [0, 0.05) is 5.56 Å². The summed E-state index contributed by atoms with van der Waals surface area (Å²) in [5, 5.41) is 0. The number of aliphatic imine (C=N–C) groups is 1. The number of hydrogen-bond donors (Lipinski definition) is 0. The van der Waals surface area contributed by atoms with Crippen LogP contribution in [0.15, 0.2) is 59.2 Å². The molecule has 0 saturated heterocycles. The summed E-state index contributed by atoms with van der Waals surface area (Å²) in [6.07, 6.45) is -3.14. The second-order valence-electron chi connectivity index (χ2n) is 4.97. The number of rotatable bonds is 2. The third-order valence-corrected chi connectivity index (χ3v) is 3.23. The van der Waals surface area contributed by atoms with Crippen molar-refractivity contribution in [1.29, 1.82) is 0 Å². The van der Waals surface area contributed by atoms with E-state index in [0.717, 1.165) is 12.1 Å². The molecule has 2 aromatic carbocycles. The lowest BCUT2D eigenvalue weighted by Gasteiger charge is -2.07. The Morgan fingerprint density at radius 3 is 2.42 bits per heavy atom. The van der Waals surface area contributed by atoms with Gasteiger partial charge in [-0.2, -0.15) is 13.2 Å². The van der Waals surface area contributed by atoms with Gasteiger partial charge in [0.05, 0.1) is 5.56 Å². The Morgan fingerprint density at radius 1 is 1.04 bits per heavy atom. The fourth-order valence-corrected chi connectivity index (χ4v) is 2.08. The van der Waals surface area contributed by atoms with Crippen LogP contribution in [0.2, 0.25) is 0 Å². The van der Waals surface area contributed by atoms with Crippen molar-refractivity contribution in [2.45, 2.75) is 6.18 Å². The maximum absolute atomic E-state index is 12.9. The molecule has 24 heavy (non-hydrogen) atoms. The van der Waals surface area contributed by atoms with Crippen molar-refractivity contribution in [1.82, 2.24) is 0 Å². The van der Waals surface area contributed by atoms with Crippen molar-refractivity contribution >= 4 is 17.9 Å². The summed E-state index contributed by atoms with van der Waals surface area (Å²) in [5.41, 5.74) is -0.387. The van der Waals surface area contributed by atoms with E-state index in [1.807, 2.05) is 0 Å². The first-order valence-corrected chi connectivity index (χ1v) is 6.79. The lowest BCUT2D eigenvalue weighted by atomic mass is 10.1. The number of benzene rings is 2. The Kier molecular flexibility index (Phi) is 3.92. The van der Waals surface area contributed by atoms with E-state index in [2.05, 4.69) is 4.99 Å². The van der Waals surface area contributed by atoms with Gasteiger partial charge in [0.1, 0.15) is 5.82 Å². The van der Waals surface area contributed by atoms with Crippen molar-refractivity contribution in [2.24, 2.45) is 4.99 Å². The molecule has 3 rings (SSSR count). The van der Waals surface area contributed by atoms with Crippen LogP contribution >= 0.6 is 0 Å². The highest BCUT2D eigenvalue weighted by molar-refractivity contribution is 6.12. The molecule has 7 heteroatoms. The molecule has 0 aliphatic carbocycles. The maximum Gasteiger partial charge on any atom is 0.416 e. The maximum atomic E-state index is 12.9. The van der Waals surface area contributed by atoms with Gasteiger partial charge in [-0.25, -0.2) is 14.2 Å². The fraction of sp³-hybridized carbons (Fsp3) is 0.0588. The topological polar surface area (TPSA) is 38.7 Å². The Hall–Kier alpha value is -2.96. The van der Waals surface area contributed by atoms with Crippen molar-refractivity contribution in [2.75, 3.05) is 0 Å². The van der Waals surface area contributed by atoms with Crippen LogP contribution in [0.5, 0.6) is 0 Å². The first-order chi connectivity index (χ1) is 11.3. The molecule has 0 atom stereocenters. The fourth-order valence-electron chi connectivity index (χ4n) is 2.08. The summed E-state index contributed by atoms with van der Waals surface area (Å²) in [6.45, 7) is 0. The van der Waals surface area contributed by atoms with Crippen LogP contribution in [0.4, 0.5) is 17.6 Å². The number of halogens is 4. The number of alkyl halides is 3. The van der Waals surface area contributed by atoms with E-state index >= 15 is 0 Å². The van der Waals surface area contributed by atoms with Crippen molar-refractivity contribution in [3.8, 4) is 0 Å². The summed E-state index contributed by atoms with van der Waals surface area (Å²) in [5.74, 6) is -1.43. The molecular formula is C17H9F4NO2. The second kappa shape index (κ2) is 5.92. The molecule has 0 radical (unpaired) electrons. The average Bonchev–Trinajstić information content (AvgIpc) is 2.90. The van der Waals surface area contributed by atoms with Crippen LogP contribution in [0.3, 0.4) is 0 Å². The highest BCUT2D eigenvalue weighted by atomic mass is 19.4. The van der Waals surface area contributed by atoms with Crippen LogP contribution in [0, 0.1) is 5.82 Å². The van der Waals surface area contributed by atoms with Crippen molar-refractivity contribution < 1.29 is 27.1 Å². The van der Waals surface area contributed by atoms with Crippen LogP contribution in [-0.4, -0.2) is 11.9 Å². The zero-order valence-electron chi connectivity index (χ0n) is 12.0. The predicted molar refractivity (Wildman–Crippen MR) is 78.5 cm³/mol. The normalized spacial score (nSPS) is 16.2. The number of ether oxygens (including phenoxy) is 1. The number of carbonyl (C=O) groups is 1. The minimum absolute atomic E-state index is 0.0423. The third kappa shape index (κ3) is 3.34. The molecule has 1 heterocycles. The SMILES string of the molecule is O=C1OC(c2cccc(C(F)(F)F)c2)=N/C1=C\c1ccc(F)cc1. The van der Waals surface area contributed by atoms with E-state index in [1.54, 1.807) is 0 Å². The number of hydrogen-bond acceptors (Lipinski definition) is 3. The van der Waals surface area contributed by atoms with E-state index in [0.29, 0.717) is 5.56 Å². The lowest BCUT2D eigenvalue weighted by Crippen LogP contribution is -2.09. The summed E-state index contributed by atoms with van der Waals surface area (Å²) in [7, 11) is 0. The molecule has 1 aliphatic heterocycles. The molecule has 2 aromatic rings. The molecule has 122 valence electrons. The van der Waals surface area contributed by atoms with E-state index in [9.17, 15) is 22.4 Å². The number of cyclic esters (lactones) is 1. The smallest absolute Gasteiger partial charge is 0.402 e. The first-order valence-electron chi connectivity index (χ1n) is 6.79. The summed E-state index contributed by atoms with van der Waals surface area (Å²) in [4.78, 5) is 15.7. The van der Waals surface area contributed by atoms with Gasteiger partial charge in [0.2, 0.25) is 5.90 Å². The van der Waals surface area contributed by atoms with Gasteiger partial charge in [-0.3, -0.25) is 0 Å². The summed E-state index contributed by atoms with van der Waals surface area (Å²) < 4.78 is 56.0. The van der Waals surface area contributed by atoms with E-state index in [-0.39, 0.29) is 17.2 Å². The largest absolute Gasteiger partial charge is 0.416 e. The van der Waals surface area contributed by atoms with E-state index in [1.165, 1.54) is 42.5 Å². The average molecular weight is 335 g/mol. The van der Waals surface area contributed by atoms with Gasteiger partial charge in [-0.15, -0.1) is 0 Å². The van der Waals surface area contributed by atoms with Crippen molar-refractivity contribution in [3.63, 3.8) is 0 Å². The molecule has 0 unspecified atom stereocenters. The van der Waals surface area contributed by atoms with Gasteiger partial charge in [-0.05, 0) is 42.0 Å². The van der Waals surface area contributed by atoms with Gasteiger partial charge < -0.3 is 4.74 Å². The summed E-state index contributed by atoms with van der Waals surface area (Å²) in [6, 6.07) is 9.64. The van der Waals surface area contributed by atoms with Crippen LogP contribution in [-0.2, 0) is 15.7 Å². The molecule has 3 nitrogen and oxygen atoms in total. The standard InChI is InChI=1S/C17H9F4NO2/c18-13-6-4-10(5-7-13)8-14-16(23)24-15(22-14)11-2-1-3-12(9-11)17(19,20)21/h1-9H/b14-8-. The van der Waals surface area contributed by atoms with E-state index < -0.39 is 23.5 Å². The Labute approximate surface area is 133 Å². The molecule has 0 fully saturated rings. The molecule has 0 saturated carbocycles. The Balaban J connectivity index is 1.93. The first kappa shape index (κ1) is 15.9. The van der Waals surface area contributed by atoms with Gasteiger partial charge in [-0.1, -0.05) is 18.2 Å². The Bertz CT molecular complexity index is 852. The van der Waals surface area contributed by atoms with Gasteiger partial charge >= 0.3 is 12.1 Å². The molecule has 1 aliphatic rings. The monoisotopic (exact) mass is 335 g/mol. The number of carbonyl (C=O) groups excluding carboxylic acids is 1. The highest BCUT2D eigenvalue weighted by Gasteiger charge is 2.32. The van der Waals surface area contributed by atoms with E-state index in [4.69, 9.17) is 4.74 Å². The molecule has 0 N–H and O–H groups in total. The van der Waals surface area contributed by atoms with Gasteiger partial charge in [0.25, 0.3) is 0 Å². The minimum atomic E-state index is -4.51. The van der Waals surface area contributed by atoms with Crippen LogP contribution in [0.1, 0.15) is 16.7 Å². The number of esters is 1. The molecular weight excluding hydrogens is 326 g/mol. The Morgan fingerprint density at radius 2 is 1.75 bits per heavy atom. The summed E-state index contributed by atoms with van der Waals surface area (Å²) >= 11 is 0. The molecule has 0 aromatic heterocycles. The predicted octanol–water partition coefficient (Wildman–Crippen LogP) is 4.19. The zero-order valence-corrected chi connectivity index (χ0v) is 12.0. The highest BCUT2D eigenvalue weighted by Crippen LogP contribution is 2.30. The van der Waals surface area contributed by atoms with Crippen LogP contribution < -0.4 is 0 Å². The third-order valence-electron chi connectivity index (χ3n) is 3.23. The van der Waals surface area contributed by atoms with Crippen molar-refractivity contribution in [3.05, 3.63) is 76.7 Å². The van der Waals surface area contributed by atoms with Gasteiger partial charge in [0.15, 0.2) is 5.70 Å².